The molecule has 0 spiro atoms. The highest BCUT2D eigenvalue weighted by atomic mass is 32.2. The Hall–Kier alpha value is 0.0900. The molecule has 0 nitrogen and oxygen atoms in total. The van der Waals surface area contributed by atoms with Gasteiger partial charge in [-0.25, -0.2) is 0 Å². The molecule has 178 valence electrons. The second kappa shape index (κ2) is 9.38. The maximum absolute atomic E-state index is 2.78. The van der Waals surface area contributed by atoms with Crippen LogP contribution in [0, 0.1) is 46.3 Å². The third-order valence-corrected chi connectivity index (χ3v) is 12.1. The molecule has 3 saturated carbocycles. The van der Waals surface area contributed by atoms with Crippen LogP contribution in [0.2, 0.25) is 0 Å². The molecule has 0 amide bonds. The molecule has 4 aliphatic carbocycles. The summed E-state index contributed by atoms with van der Waals surface area (Å²) in [5.41, 5.74) is 3.03. The molecule has 3 unspecified atom stereocenters. The fourth-order valence-corrected chi connectivity index (χ4v) is 10.5. The van der Waals surface area contributed by atoms with E-state index < -0.39 is 0 Å². The summed E-state index contributed by atoms with van der Waals surface area (Å²) in [6.07, 6.45) is 18.9. The van der Waals surface area contributed by atoms with Crippen molar-refractivity contribution in [1.29, 1.82) is 0 Å². The lowest BCUT2D eigenvalue weighted by Gasteiger charge is -2.58. The van der Waals surface area contributed by atoms with Crippen LogP contribution in [0.15, 0.2) is 11.6 Å². The Bertz CT molecular complexity index is 647. The maximum Gasteiger partial charge on any atom is 0.00873 e. The van der Waals surface area contributed by atoms with Crippen LogP contribution in [-0.2, 0) is 0 Å². The van der Waals surface area contributed by atoms with Gasteiger partial charge in [-0.3, -0.25) is 0 Å². The lowest BCUT2D eigenvalue weighted by Crippen LogP contribution is -2.50. The summed E-state index contributed by atoms with van der Waals surface area (Å²) in [7, 11) is 0. The van der Waals surface area contributed by atoms with Crippen LogP contribution in [0.5, 0.6) is 0 Å². The largest absolute Gasteiger partial charge is 0.155 e. The molecule has 0 aromatic heterocycles. The van der Waals surface area contributed by atoms with Crippen molar-refractivity contribution in [3.63, 3.8) is 0 Å². The highest BCUT2D eigenvalue weighted by Gasteiger charge is 2.59. The van der Waals surface area contributed by atoms with Gasteiger partial charge < -0.3 is 0 Å². The number of fused-ring (bicyclic) bond motifs is 5. The van der Waals surface area contributed by atoms with Crippen molar-refractivity contribution in [1.82, 2.24) is 0 Å². The van der Waals surface area contributed by atoms with Crippen molar-refractivity contribution in [3.8, 4) is 0 Å². The van der Waals surface area contributed by atoms with Crippen molar-refractivity contribution < 1.29 is 0 Å². The first-order valence-corrected chi connectivity index (χ1v) is 14.9. The number of hydrogen-bond acceptors (Lipinski definition) is 1. The molecule has 4 aliphatic rings. The van der Waals surface area contributed by atoms with Gasteiger partial charge in [0, 0.05) is 5.25 Å². The van der Waals surface area contributed by atoms with Crippen molar-refractivity contribution >= 4 is 11.8 Å². The molecule has 1 heteroatoms. The van der Waals surface area contributed by atoms with Gasteiger partial charge in [-0.2, -0.15) is 11.8 Å². The molecule has 0 bridgehead atoms. The Kier molecular flexibility index (Phi) is 7.33. The molecule has 0 N–H and O–H groups in total. The van der Waals surface area contributed by atoms with Crippen LogP contribution in [0.3, 0.4) is 0 Å². The topological polar surface area (TPSA) is 0 Å². The second-order valence-electron chi connectivity index (χ2n) is 13.3. The van der Waals surface area contributed by atoms with Crippen LogP contribution in [0.25, 0.3) is 0 Å². The van der Waals surface area contributed by atoms with Crippen LogP contribution in [0.4, 0.5) is 0 Å². The molecule has 0 radical (unpaired) electrons. The molecular weight excluding hydrogens is 392 g/mol. The summed E-state index contributed by atoms with van der Waals surface area (Å²) in [5, 5.41) is 1.66. The fourth-order valence-electron chi connectivity index (χ4n) is 9.15. The Labute approximate surface area is 199 Å². The van der Waals surface area contributed by atoms with Crippen molar-refractivity contribution in [3.05, 3.63) is 11.6 Å². The SMILES string of the molecule is CC(C)CCC[C@@H](C)[C@H]1CCC2[C@@H]3CC=C4CC(SC(C)C)CC[C@]4(C)C3CC[C@@]21C. The molecule has 0 heterocycles. The van der Waals surface area contributed by atoms with E-state index in [1.165, 1.54) is 70.6 Å². The minimum absolute atomic E-state index is 0.527. The predicted molar refractivity (Wildman–Crippen MR) is 140 cm³/mol. The monoisotopic (exact) mass is 444 g/mol. The molecule has 0 saturated heterocycles. The van der Waals surface area contributed by atoms with E-state index in [0.29, 0.717) is 10.8 Å². The molecule has 0 aliphatic heterocycles. The third-order valence-electron chi connectivity index (χ3n) is 10.7. The lowest BCUT2D eigenvalue weighted by molar-refractivity contribution is -0.0497. The highest BCUT2D eigenvalue weighted by Crippen LogP contribution is 2.67. The van der Waals surface area contributed by atoms with Gasteiger partial charge in [0.1, 0.15) is 0 Å². The van der Waals surface area contributed by atoms with Gasteiger partial charge in [0.15, 0.2) is 0 Å². The quantitative estimate of drug-likeness (QED) is 0.352. The van der Waals surface area contributed by atoms with Crippen LogP contribution in [0.1, 0.15) is 119 Å². The molecule has 31 heavy (non-hydrogen) atoms. The van der Waals surface area contributed by atoms with Gasteiger partial charge in [-0.05, 0) is 103 Å². The number of thioether (sulfide) groups is 1. The molecule has 0 aromatic rings. The van der Waals surface area contributed by atoms with Crippen LogP contribution in [-0.4, -0.2) is 10.5 Å². The van der Waals surface area contributed by atoms with E-state index in [4.69, 9.17) is 0 Å². The first kappa shape index (κ1) is 24.2. The first-order valence-electron chi connectivity index (χ1n) is 14.0. The molecule has 3 fully saturated rings. The first-order chi connectivity index (χ1) is 14.6. The van der Waals surface area contributed by atoms with Crippen molar-refractivity contribution in [2.45, 2.75) is 130 Å². The van der Waals surface area contributed by atoms with Gasteiger partial charge in [-0.15, -0.1) is 0 Å². The van der Waals surface area contributed by atoms with Crippen molar-refractivity contribution in [2.24, 2.45) is 46.3 Å². The van der Waals surface area contributed by atoms with E-state index in [1.807, 2.05) is 5.57 Å². The molecular formula is C30H52S. The minimum atomic E-state index is 0.527. The Morgan fingerprint density at radius 1 is 0.935 bits per heavy atom. The van der Waals surface area contributed by atoms with E-state index in [0.717, 1.165) is 46.0 Å². The van der Waals surface area contributed by atoms with Gasteiger partial charge >= 0.3 is 0 Å². The highest BCUT2D eigenvalue weighted by molar-refractivity contribution is 8.00. The zero-order valence-corrected chi connectivity index (χ0v) is 22.7. The molecule has 4 rings (SSSR count). The minimum Gasteiger partial charge on any atom is -0.155 e. The van der Waals surface area contributed by atoms with Gasteiger partial charge in [0.25, 0.3) is 0 Å². The van der Waals surface area contributed by atoms with E-state index >= 15 is 0 Å². The Morgan fingerprint density at radius 3 is 2.42 bits per heavy atom. The predicted octanol–water partition coefficient (Wildman–Crippen LogP) is 9.54. The maximum atomic E-state index is 2.78. The lowest BCUT2D eigenvalue weighted by atomic mass is 9.47. The van der Waals surface area contributed by atoms with E-state index in [1.54, 1.807) is 0 Å². The molecule has 0 aromatic carbocycles. The summed E-state index contributed by atoms with van der Waals surface area (Å²) < 4.78 is 0. The second-order valence-corrected chi connectivity index (χ2v) is 15.2. The summed E-state index contributed by atoms with van der Waals surface area (Å²) in [4.78, 5) is 0. The fraction of sp³-hybridized carbons (Fsp3) is 0.933. The van der Waals surface area contributed by atoms with Gasteiger partial charge in [0.05, 0.1) is 0 Å². The van der Waals surface area contributed by atoms with E-state index in [-0.39, 0.29) is 0 Å². The Balaban J connectivity index is 1.46. The van der Waals surface area contributed by atoms with Crippen LogP contribution < -0.4 is 0 Å². The zero-order valence-electron chi connectivity index (χ0n) is 21.9. The van der Waals surface area contributed by atoms with E-state index in [2.05, 4.69) is 66.3 Å². The average Bonchev–Trinajstić information content (AvgIpc) is 3.05. The third kappa shape index (κ3) is 4.57. The van der Waals surface area contributed by atoms with Crippen molar-refractivity contribution in [2.75, 3.05) is 0 Å². The number of allylic oxidation sites excluding steroid dienone is 2. The normalized spacial score (nSPS) is 43.4. The smallest absolute Gasteiger partial charge is 0.00873 e. The summed E-state index contributed by atoms with van der Waals surface area (Å²) in [5.74, 6) is 5.75. The standard InChI is InChI=1S/C30H52S/c1-20(2)9-8-10-22(5)26-13-14-27-25-12-11-23-19-24(31-21(3)4)15-17-29(23,6)28(25)16-18-30(26,27)7/h11,20-22,24-28H,8-10,12-19H2,1-7H3/t22-,24?,25+,26-,27?,28?,29+,30-/m1/s1. The summed E-state index contributed by atoms with van der Waals surface area (Å²) in [6, 6.07) is 0. The Morgan fingerprint density at radius 2 is 1.71 bits per heavy atom. The average molecular weight is 445 g/mol. The van der Waals surface area contributed by atoms with Gasteiger partial charge in [0.2, 0.25) is 0 Å². The molecule has 8 atom stereocenters. The van der Waals surface area contributed by atoms with E-state index in [9.17, 15) is 0 Å². The number of rotatable bonds is 7. The zero-order chi connectivity index (χ0) is 22.4. The summed E-state index contributed by atoms with van der Waals surface area (Å²) >= 11 is 2.24. The summed E-state index contributed by atoms with van der Waals surface area (Å²) in [6.45, 7) is 17.6. The van der Waals surface area contributed by atoms with Crippen LogP contribution >= 0.6 is 11.8 Å². The van der Waals surface area contributed by atoms with Gasteiger partial charge in [-0.1, -0.05) is 79.4 Å². The number of hydrogen-bond donors (Lipinski definition) is 0.